The summed E-state index contributed by atoms with van der Waals surface area (Å²) < 4.78 is 0. The average molecular weight is 441 g/mol. The van der Waals surface area contributed by atoms with Crippen LogP contribution in [0.25, 0.3) is 0 Å². The van der Waals surface area contributed by atoms with Gasteiger partial charge in [0, 0.05) is 44.5 Å². The number of anilines is 1. The van der Waals surface area contributed by atoms with E-state index in [0.717, 1.165) is 41.2 Å². The molecule has 168 valence electrons. The van der Waals surface area contributed by atoms with Crippen molar-refractivity contribution < 1.29 is 9.59 Å². The Morgan fingerprint density at radius 2 is 1.67 bits per heavy atom. The molecule has 2 amide bonds. The van der Waals surface area contributed by atoms with Crippen LogP contribution in [0.3, 0.4) is 0 Å². The van der Waals surface area contributed by atoms with Gasteiger partial charge in [-0.25, -0.2) is 4.98 Å². The van der Waals surface area contributed by atoms with Crippen LogP contribution >= 0.6 is 0 Å². The van der Waals surface area contributed by atoms with E-state index >= 15 is 0 Å². The molecule has 6 nitrogen and oxygen atoms in total. The van der Waals surface area contributed by atoms with E-state index in [9.17, 15) is 9.59 Å². The summed E-state index contributed by atoms with van der Waals surface area (Å²) in [4.78, 5) is 37.0. The standard InChI is InChI=1S/C27H28N4O2/c1-20-9-11-21(12-10-20)24(31-19-22-6-2-3-7-23(22)27(31)33)18-26(32)30-16-14-29(15-17-30)25-8-4-5-13-28-25/h2-13,24H,14-19H2,1H3/t24-/m0/s1. The molecule has 2 aromatic carbocycles. The molecule has 0 radical (unpaired) electrons. The Balaban J connectivity index is 1.32. The second-order valence-corrected chi connectivity index (χ2v) is 8.78. The molecule has 33 heavy (non-hydrogen) atoms. The number of amides is 2. The van der Waals surface area contributed by atoms with Crippen molar-refractivity contribution in [1.82, 2.24) is 14.8 Å². The highest BCUT2D eigenvalue weighted by Gasteiger charge is 2.35. The highest BCUT2D eigenvalue weighted by atomic mass is 16.2. The molecule has 1 fully saturated rings. The molecule has 5 rings (SSSR count). The first-order valence-electron chi connectivity index (χ1n) is 11.5. The molecular weight excluding hydrogens is 412 g/mol. The summed E-state index contributed by atoms with van der Waals surface area (Å²) >= 11 is 0. The van der Waals surface area contributed by atoms with Crippen molar-refractivity contribution in [3.8, 4) is 0 Å². The van der Waals surface area contributed by atoms with Crippen LogP contribution in [0.4, 0.5) is 5.82 Å². The van der Waals surface area contributed by atoms with E-state index in [-0.39, 0.29) is 24.3 Å². The van der Waals surface area contributed by atoms with E-state index in [1.807, 2.05) is 83.5 Å². The average Bonchev–Trinajstić information content (AvgIpc) is 3.20. The molecule has 6 heteroatoms. The van der Waals surface area contributed by atoms with Gasteiger partial charge in [0.2, 0.25) is 5.91 Å². The molecule has 0 saturated carbocycles. The lowest BCUT2D eigenvalue weighted by atomic mass is 9.99. The normalized spacial score (nSPS) is 16.6. The molecule has 3 heterocycles. The van der Waals surface area contributed by atoms with Gasteiger partial charge in [0.1, 0.15) is 5.82 Å². The van der Waals surface area contributed by atoms with Crippen LogP contribution in [0.1, 0.15) is 39.5 Å². The molecule has 3 aromatic rings. The maximum atomic E-state index is 13.4. The van der Waals surface area contributed by atoms with Crippen molar-refractivity contribution in [3.05, 3.63) is 95.2 Å². The van der Waals surface area contributed by atoms with Crippen LogP contribution in [0.2, 0.25) is 0 Å². The third-order valence-electron chi connectivity index (χ3n) is 6.66. The second kappa shape index (κ2) is 9.06. The molecule has 1 saturated heterocycles. The Hall–Kier alpha value is -3.67. The van der Waals surface area contributed by atoms with E-state index in [2.05, 4.69) is 9.88 Å². The van der Waals surface area contributed by atoms with E-state index in [1.165, 1.54) is 0 Å². The Labute approximate surface area is 194 Å². The second-order valence-electron chi connectivity index (χ2n) is 8.78. The van der Waals surface area contributed by atoms with Gasteiger partial charge in [-0.1, -0.05) is 54.1 Å². The zero-order chi connectivity index (χ0) is 22.8. The first-order valence-corrected chi connectivity index (χ1v) is 11.5. The largest absolute Gasteiger partial charge is 0.353 e. The predicted molar refractivity (Wildman–Crippen MR) is 128 cm³/mol. The number of aryl methyl sites for hydroxylation is 1. The quantitative estimate of drug-likeness (QED) is 0.605. The van der Waals surface area contributed by atoms with Crippen molar-refractivity contribution in [2.24, 2.45) is 0 Å². The summed E-state index contributed by atoms with van der Waals surface area (Å²) in [6.07, 6.45) is 2.08. The summed E-state index contributed by atoms with van der Waals surface area (Å²) in [5.74, 6) is 1.04. The van der Waals surface area contributed by atoms with Gasteiger partial charge in [-0.05, 0) is 36.2 Å². The number of fused-ring (bicyclic) bond motifs is 1. The molecule has 1 atom stereocenters. The number of nitrogens with zero attached hydrogens (tertiary/aromatic N) is 4. The Morgan fingerprint density at radius 1 is 0.939 bits per heavy atom. The molecule has 0 N–H and O–H groups in total. The molecule has 0 aliphatic carbocycles. The SMILES string of the molecule is Cc1ccc([C@H](CC(=O)N2CCN(c3ccccn3)CC2)N2Cc3ccccc3C2=O)cc1. The predicted octanol–water partition coefficient (Wildman–Crippen LogP) is 3.83. The monoisotopic (exact) mass is 440 g/mol. The molecule has 0 spiro atoms. The fourth-order valence-corrected chi connectivity index (χ4v) is 4.75. The lowest BCUT2D eigenvalue weighted by Crippen LogP contribution is -2.49. The van der Waals surface area contributed by atoms with Gasteiger partial charge in [-0.2, -0.15) is 0 Å². The molecule has 0 bridgehead atoms. The third-order valence-corrected chi connectivity index (χ3v) is 6.66. The zero-order valence-electron chi connectivity index (χ0n) is 18.9. The number of hydrogen-bond acceptors (Lipinski definition) is 4. The van der Waals surface area contributed by atoms with Crippen molar-refractivity contribution >= 4 is 17.6 Å². The van der Waals surface area contributed by atoms with Gasteiger partial charge in [0.25, 0.3) is 5.91 Å². The van der Waals surface area contributed by atoms with Gasteiger partial charge < -0.3 is 14.7 Å². The van der Waals surface area contributed by atoms with Gasteiger partial charge >= 0.3 is 0 Å². The number of benzene rings is 2. The minimum absolute atomic E-state index is 0.00365. The molecular formula is C27H28N4O2. The topological polar surface area (TPSA) is 56.8 Å². The van der Waals surface area contributed by atoms with Gasteiger partial charge in [0.15, 0.2) is 0 Å². The lowest BCUT2D eigenvalue weighted by molar-refractivity contribution is -0.132. The number of aromatic nitrogens is 1. The smallest absolute Gasteiger partial charge is 0.255 e. The third kappa shape index (κ3) is 4.33. The molecule has 1 aromatic heterocycles. The number of carbonyl (C=O) groups excluding carboxylic acids is 2. The highest BCUT2D eigenvalue weighted by Crippen LogP contribution is 2.34. The van der Waals surface area contributed by atoms with Crippen LogP contribution < -0.4 is 4.90 Å². The van der Waals surface area contributed by atoms with Crippen LogP contribution in [0.15, 0.2) is 72.9 Å². The Kier molecular flexibility index (Phi) is 5.82. The molecule has 2 aliphatic heterocycles. The summed E-state index contributed by atoms with van der Waals surface area (Å²) in [6.45, 7) is 5.41. The van der Waals surface area contributed by atoms with Crippen LogP contribution in [0, 0.1) is 6.92 Å². The fraction of sp³-hybridized carbons (Fsp3) is 0.296. The molecule has 0 unspecified atom stereocenters. The van der Waals surface area contributed by atoms with Gasteiger partial charge in [-0.15, -0.1) is 0 Å². The Bertz CT molecular complexity index is 1140. The highest BCUT2D eigenvalue weighted by molar-refractivity contribution is 5.98. The van der Waals surface area contributed by atoms with E-state index in [1.54, 1.807) is 6.20 Å². The van der Waals surface area contributed by atoms with Crippen molar-refractivity contribution in [3.63, 3.8) is 0 Å². The summed E-state index contributed by atoms with van der Waals surface area (Å²) in [7, 11) is 0. The minimum Gasteiger partial charge on any atom is -0.353 e. The number of carbonyl (C=O) groups is 2. The zero-order valence-corrected chi connectivity index (χ0v) is 18.9. The first-order chi connectivity index (χ1) is 16.1. The number of pyridine rings is 1. The lowest BCUT2D eigenvalue weighted by Gasteiger charge is -2.37. The number of rotatable bonds is 5. The van der Waals surface area contributed by atoms with Crippen LogP contribution in [-0.4, -0.2) is 52.8 Å². The Morgan fingerprint density at radius 3 is 2.36 bits per heavy atom. The van der Waals surface area contributed by atoms with Crippen molar-refractivity contribution in [2.45, 2.75) is 25.9 Å². The maximum Gasteiger partial charge on any atom is 0.255 e. The molecule has 2 aliphatic rings. The maximum absolute atomic E-state index is 13.4. The number of piperazine rings is 1. The van der Waals surface area contributed by atoms with Crippen molar-refractivity contribution in [1.29, 1.82) is 0 Å². The van der Waals surface area contributed by atoms with Gasteiger partial charge in [0.05, 0.1) is 12.5 Å². The van der Waals surface area contributed by atoms with E-state index in [4.69, 9.17) is 0 Å². The fourth-order valence-electron chi connectivity index (χ4n) is 4.75. The van der Waals surface area contributed by atoms with Gasteiger partial charge in [-0.3, -0.25) is 9.59 Å². The summed E-state index contributed by atoms with van der Waals surface area (Å²) in [6, 6.07) is 21.5. The van der Waals surface area contributed by atoms with Crippen LogP contribution in [0.5, 0.6) is 0 Å². The summed E-state index contributed by atoms with van der Waals surface area (Å²) in [5.41, 5.74) is 3.93. The first kappa shape index (κ1) is 21.2. The minimum atomic E-state index is -0.285. The summed E-state index contributed by atoms with van der Waals surface area (Å²) in [5, 5.41) is 0. The van der Waals surface area contributed by atoms with Crippen LogP contribution in [-0.2, 0) is 11.3 Å². The van der Waals surface area contributed by atoms with E-state index in [0.29, 0.717) is 19.6 Å². The van der Waals surface area contributed by atoms with E-state index < -0.39 is 0 Å². The van der Waals surface area contributed by atoms with Crippen molar-refractivity contribution in [2.75, 3.05) is 31.1 Å². The number of hydrogen-bond donors (Lipinski definition) is 0.